The summed E-state index contributed by atoms with van der Waals surface area (Å²) in [5, 5.41) is 11.8. The van der Waals surface area contributed by atoms with E-state index in [2.05, 4.69) is 5.32 Å². The SMILES string of the molecule is CNC(=O)CCN(C)C(=O)c1cc(O)ccc1N. The van der Waals surface area contributed by atoms with Crippen molar-refractivity contribution >= 4 is 17.5 Å². The van der Waals surface area contributed by atoms with Crippen LogP contribution in [0.15, 0.2) is 18.2 Å². The first-order valence-electron chi connectivity index (χ1n) is 5.50. The molecule has 0 aliphatic rings. The first-order valence-corrected chi connectivity index (χ1v) is 5.50. The standard InChI is InChI=1S/C12H17N3O3/c1-14-11(17)5-6-15(2)12(18)9-7-8(16)3-4-10(9)13/h3-4,7,16H,5-6,13H2,1-2H3,(H,14,17). The van der Waals surface area contributed by atoms with Gasteiger partial charge < -0.3 is 21.1 Å². The molecule has 0 spiro atoms. The molecule has 6 nitrogen and oxygen atoms in total. The number of carbonyl (C=O) groups is 2. The number of anilines is 1. The summed E-state index contributed by atoms with van der Waals surface area (Å²) < 4.78 is 0. The van der Waals surface area contributed by atoms with Crippen molar-refractivity contribution in [1.82, 2.24) is 10.2 Å². The van der Waals surface area contributed by atoms with Gasteiger partial charge in [0.15, 0.2) is 0 Å². The third-order valence-electron chi connectivity index (χ3n) is 2.57. The zero-order valence-corrected chi connectivity index (χ0v) is 10.4. The lowest BCUT2D eigenvalue weighted by Gasteiger charge is -2.17. The van der Waals surface area contributed by atoms with Gasteiger partial charge in [-0.2, -0.15) is 0 Å². The van der Waals surface area contributed by atoms with Crippen LogP contribution in [0.5, 0.6) is 5.75 Å². The molecule has 0 radical (unpaired) electrons. The molecule has 2 amide bonds. The molecule has 4 N–H and O–H groups in total. The smallest absolute Gasteiger partial charge is 0.255 e. The first kappa shape index (κ1) is 13.8. The van der Waals surface area contributed by atoms with Crippen LogP contribution in [0, 0.1) is 0 Å². The van der Waals surface area contributed by atoms with Crippen LogP contribution in [-0.2, 0) is 4.79 Å². The molecule has 0 fully saturated rings. The molecular weight excluding hydrogens is 234 g/mol. The van der Waals surface area contributed by atoms with Crippen molar-refractivity contribution in [2.24, 2.45) is 0 Å². The second-order valence-corrected chi connectivity index (χ2v) is 3.92. The molecular formula is C12H17N3O3. The van der Waals surface area contributed by atoms with Gasteiger partial charge in [-0.05, 0) is 18.2 Å². The monoisotopic (exact) mass is 251 g/mol. The Labute approximate surface area is 105 Å². The summed E-state index contributed by atoms with van der Waals surface area (Å²) >= 11 is 0. The van der Waals surface area contributed by atoms with Crippen LogP contribution < -0.4 is 11.1 Å². The summed E-state index contributed by atoms with van der Waals surface area (Å²) in [6, 6.07) is 4.19. The van der Waals surface area contributed by atoms with Crippen LogP contribution in [-0.4, -0.2) is 42.5 Å². The number of amides is 2. The van der Waals surface area contributed by atoms with Gasteiger partial charge in [0.1, 0.15) is 5.75 Å². The fourth-order valence-corrected chi connectivity index (χ4v) is 1.43. The summed E-state index contributed by atoms with van der Waals surface area (Å²) in [6.07, 6.45) is 0.220. The molecule has 0 aliphatic carbocycles. The van der Waals surface area contributed by atoms with E-state index in [1.807, 2.05) is 0 Å². The van der Waals surface area contributed by atoms with Crippen molar-refractivity contribution in [3.63, 3.8) is 0 Å². The van der Waals surface area contributed by atoms with E-state index in [0.717, 1.165) is 0 Å². The molecule has 18 heavy (non-hydrogen) atoms. The van der Waals surface area contributed by atoms with Gasteiger partial charge in [0.2, 0.25) is 5.91 Å². The number of aromatic hydroxyl groups is 1. The minimum atomic E-state index is -0.327. The quantitative estimate of drug-likeness (QED) is 0.525. The van der Waals surface area contributed by atoms with Gasteiger partial charge in [0.05, 0.1) is 5.56 Å². The van der Waals surface area contributed by atoms with Crippen molar-refractivity contribution in [2.45, 2.75) is 6.42 Å². The number of rotatable bonds is 4. The lowest BCUT2D eigenvalue weighted by Crippen LogP contribution is -2.31. The van der Waals surface area contributed by atoms with Crippen molar-refractivity contribution in [1.29, 1.82) is 0 Å². The summed E-state index contributed by atoms with van der Waals surface area (Å²) in [5.74, 6) is -0.488. The van der Waals surface area contributed by atoms with Gasteiger partial charge in [0.25, 0.3) is 5.91 Å². The molecule has 1 rings (SSSR count). The fraction of sp³-hybridized carbons (Fsp3) is 0.333. The highest BCUT2D eigenvalue weighted by Crippen LogP contribution is 2.19. The molecule has 0 atom stereocenters. The van der Waals surface area contributed by atoms with E-state index >= 15 is 0 Å². The second kappa shape index (κ2) is 5.90. The van der Waals surface area contributed by atoms with Gasteiger partial charge in [-0.15, -0.1) is 0 Å². The van der Waals surface area contributed by atoms with E-state index < -0.39 is 0 Å². The van der Waals surface area contributed by atoms with Gasteiger partial charge >= 0.3 is 0 Å². The van der Waals surface area contributed by atoms with Gasteiger partial charge in [-0.25, -0.2) is 0 Å². The maximum Gasteiger partial charge on any atom is 0.255 e. The third-order valence-corrected chi connectivity index (χ3v) is 2.57. The number of phenols is 1. The Morgan fingerprint density at radius 3 is 2.72 bits per heavy atom. The van der Waals surface area contributed by atoms with Crippen LogP contribution in [0.2, 0.25) is 0 Å². The topological polar surface area (TPSA) is 95.7 Å². The lowest BCUT2D eigenvalue weighted by atomic mass is 10.1. The molecule has 6 heteroatoms. The predicted molar refractivity (Wildman–Crippen MR) is 68.2 cm³/mol. The molecule has 0 bridgehead atoms. The molecule has 0 unspecified atom stereocenters. The van der Waals surface area contributed by atoms with Crippen molar-refractivity contribution in [3.05, 3.63) is 23.8 Å². The molecule has 1 aromatic rings. The summed E-state index contributed by atoms with van der Waals surface area (Å²) in [4.78, 5) is 24.5. The fourth-order valence-electron chi connectivity index (χ4n) is 1.43. The molecule has 1 aromatic carbocycles. The number of nitrogen functional groups attached to an aromatic ring is 1. The number of hydrogen-bond donors (Lipinski definition) is 3. The normalized spacial score (nSPS) is 9.89. The number of hydrogen-bond acceptors (Lipinski definition) is 4. The average Bonchev–Trinajstić information content (AvgIpc) is 2.37. The highest BCUT2D eigenvalue weighted by atomic mass is 16.3. The Hall–Kier alpha value is -2.24. The maximum absolute atomic E-state index is 12.0. The van der Waals surface area contributed by atoms with E-state index in [1.54, 1.807) is 7.05 Å². The Kier molecular flexibility index (Phi) is 4.53. The molecule has 0 saturated carbocycles. The van der Waals surface area contributed by atoms with Crippen LogP contribution in [0.3, 0.4) is 0 Å². The number of phenolic OH excluding ortho intramolecular Hbond substituents is 1. The van der Waals surface area contributed by atoms with Crippen LogP contribution in [0.1, 0.15) is 16.8 Å². The largest absolute Gasteiger partial charge is 0.508 e. The minimum absolute atomic E-state index is 0.0211. The number of nitrogens with one attached hydrogen (secondary N) is 1. The Morgan fingerprint density at radius 2 is 2.11 bits per heavy atom. The summed E-state index contributed by atoms with van der Waals surface area (Å²) in [7, 11) is 3.12. The number of carbonyl (C=O) groups excluding carboxylic acids is 2. The molecule has 0 aromatic heterocycles. The van der Waals surface area contributed by atoms with Gasteiger partial charge in [-0.3, -0.25) is 9.59 Å². The molecule has 0 heterocycles. The Morgan fingerprint density at radius 1 is 1.44 bits per heavy atom. The molecule has 0 aliphatic heterocycles. The molecule has 98 valence electrons. The Balaban J connectivity index is 2.74. The van der Waals surface area contributed by atoms with Crippen molar-refractivity contribution in [2.75, 3.05) is 26.4 Å². The van der Waals surface area contributed by atoms with E-state index in [9.17, 15) is 14.7 Å². The van der Waals surface area contributed by atoms with Crippen molar-refractivity contribution < 1.29 is 14.7 Å². The third kappa shape index (κ3) is 3.38. The zero-order chi connectivity index (χ0) is 13.7. The highest BCUT2D eigenvalue weighted by molar-refractivity contribution is 5.99. The van der Waals surface area contributed by atoms with Crippen LogP contribution in [0.4, 0.5) is 5.69 Å². The van der Waals surface area contributed by atoms with E-state index in [1.165, 1.54) is 30.1 Å². The van der Waals surface area contributed by atoms with Gasteiger partial charge in [-0.1, -0.05) is 0 Å². The van der Waals surface area contributed by atoms with E-state index in [-0.39, 0.29) is 36.1 Å². The highest BCUT2D eigenvalue weighted by Gasteiger charge is 2.15. The number of nitrogens with zero attached hydrogens (tertiary/aromatic N) is 1. The number of benzene rings is 1. The maximum atomic E-state index is 12.0. The van der Waals surface area contributed by atoms with Crippen LogP contribution in [0.25, 0.3) is 0 Å². The predicted octanol–water partition coefficient (Wildman–Crippen LogP) is 0.182. The minimum Gasteiger partial charge on any atom is -0.508 e. The second-order valence-electron chi connectivity index (χ2n) is 3.92. The lowest BCUT2D eigenvalue weighted by molar-refractivity contribution is -0.120. The van der Waals surface area contributed by atoms with Crippen LogP contribution >= 0.6 is 0 Å². The van der Waals surface area contributed by atoms with Crippen molar-refractivity contribution in [3.8, 4) is 5.75 Å². The van der Waals surface area contributed by atoms with E-state index in [0.29, 0.717) is 5.69 Å². The molecule has 0 saturated heterocycles. The van der Waals surface area contributed by atoms with E-state index in [4.69, 9.17) is 5.73 Å². The summed E-state index contributed by atoms with van der Waals surface area (Å²) in [5.41, 5.74) is 6.20. The van der Waals surface area contributed by atoms with Gasteiger partial charge in [0, 0.05) is 32.7 Å². The average molecular weight is 251 g/mol. The Bertz CT molecular complexity index is 460. The zero-order valence-electron chi connectivity index (χ0n) is 10.4. The number of nitrogens with two attached hydrogens (primary N) is 1. The first-order chi connectivity index (χ1) is 8.45. The summed E-state index contributed by atoms with van der Waals surface area (Å²) in [6.45, 7) is 0.285.